The van der Waals surface area contributed by atoms with Crippen LogP contribution in [0.2, 0.25) is 0 Å². The van der Waals surface area contributed by atoms with Crippen LogP contribution in [0.15, 0.2) is 71.4 Å². The second kappa shape index (κ2) is 9.76. The molecule has 31 heavy (non-hydrogen) atoms. The van der Waals surface area contributed by atoms with Crippen molar-refractivity contribution in [2.45, 2.75) is 11.7 Å². The Morgan fingerprint density at radius 2 is 1.90 bits per heavy atom. The standard InChI is InChI=1S/C20H17N5O5S/c1-2-10-23-19(26)18(12-15-7-3-4-9-17(15)25(29)30)31-20(23)22-21-13-14-6-5-8-16(11-14)24(27)28/h2-9,11,13,18H,1,10,12H2/b21-13-,22-20+/t18-/m0/s1. The molecule has 158 valence electrons. The normalized spacial score (nSPS) is 17.4. The van der Waals surface area contributed by atoms with Gasteiger partial charge in [0.1, 0.15) is 0 Å². The van der Waals surface area contributed by atoms with E-state index < -0.39 is 15.1 Å². The zero-order valence-electron chi connectivity index (χ0n) is 16.2. The molecule has 0 N–H and O–H groups in total. The van der Waals surface area contributed by atoms with E-state index in [1.165, 1.54) is 35.4 Å². The first-order valence-electron chi connectivity index (χ1n) is 9.07. The van der Waals surface area contributed by atoms with Crippen molar-refractivity contribution in [3.05, 3.63) is 92.5 Å². The molecule has 0 aliphatic carbocycles. The number of hydrogen-bond donors (Lipinski definition) is 0. The van der Waals surface area contributed by atoms with E-state index in [0.717, 1.165) is 11.8 Å². The summed E-state index contributed by atoms with van der Waals surface area (Å²) in [6.07, 6.45) is 3.07. The van der Waals surface area contributed by atoms with Gasteiger partial charge in [-0.25, -0.2) is 0 Å². The Balaban J connectivity index is 1.81. The number of amides is 1. The Morgan fingerprint density at radius 3 is 2.61 bits per heavy atom. The molecule has 0 spiro atoms. The van der Waals surface area contributed by atoms with Crippen molar-refractivity contribution < 1.29 is 14.6 Å². The summed E-state index contributed by atoms with van der Waals surface area (Å²) in [5.74, 6) is -0.243. The lowest BCUT2D eigenvalue weighted by atomic mass is 10.1. The molecule has 0 unspecified atom stereocenters. The maximum Gasteiger partial charge on any atom is 0.272 e. The van der Waals surface area contributed by atoms with Crippen LogP contribution in [-0.4, -0.2) is 43.8 Å². The summed E-state index contributed by atoms with van der Waals surface area (Å²) in [4.78, 5) is 35.4. The molecule has 0 bridgehead atoms. The maximum atomic E-state index is 12.8. The van der Waals surface area contributed by atoms with Crippen molar-refractivity contribution in [1.29, 1.82) is 0 Å². The zero-order valence-corrected chi connectivity index (χ0v) is 17.0. The molecule has 2 aromatic carbocycles. The number of non-ortho nitro benzene ring substituents is 1. The number of carbonyl (C=O) groups is 1. The van der Waals surface area contributed by atoms with Gasteiger partial charge in [-0.1, -0.05) is 48.2 Å². The molecule has 0 aromatic heterocycles. The second-order valence-corrected chi connectivity index (χ2v) is 7.58. The fraction of sp³-hybridized carbons (Fsp3) is 0.150. The van der Waals surface area contributed by atoms with Crippen molar-refractivity contribution >= 4 is 40.4 Å². The van der Waals surface area contributed by atoms with Crippen LogP contribution in [0.25, 0.3) is 0 Å². The topological polar surface area (TPSA) is 131 Å². The van der Waals surface area contributed by atoms with E-state index in [9.17, 15) is 25.0 Å². The Bertz CT molecular complexity index is 1100. The minimum absolute atomic E-state index is 0.0414. The molecule has 1 aliphatic heterocycles. The van der Waals surface area contributed by atoms with Gasteiger partial charge in [0.2, 0.25) is 5.91 Å². The second-order valence-electron chi connectivity index (χ2n) is 6.41. The summed E-state index contributed by atoms with van der Waals surface area (Å²) in [6, 6.07) is 12.2. The van der Waals surface area contributed by atoms with Crippen LogP contribution in [0.4, 0.5) is 11.4 Å². The molecule has 0 radical (unpaired) electrons. The summed E-state index contributed by atoms with van der Waals surface area (Å²) >= 11 is 1.16. The predicted octanol–water partition coefficient (Wildman–Crippen LogP) is 3.57. The number of hydrogen-bond acceptors (Lipinski definition) is 8. The third-order valence-corrected chi connectivity index (χ3v) is 5.52. The summed E-state index contributed by atoms with van der Waals surface area (Å²) in [7, 11) is 0. The van der Waals surface area contributed by atoms with E-state index in [2.05, 4.69) is 16.8 Å². The lowest BCUT2D eigenvalue weighted by molar-refractivity contribution is -0.385. The third kappa shape index (κ3) is 5.20. The summed E-state index contributed by atoms with van der Waals surface area (Å²) < 4.78 is 0. The third-order valence-electron chi connectivity index (χ3n) is 4.36. The first-order chi connectivity index (χ1) is 14.9. The molecular formula is C20H17N5O5S. The highest BCUT2D eigenvalue weighted by Crippen LogP contribution is 2.32. The molecular weight excluding hydrogens is 422 g/mol. The van der Waals surface area contributed by atoms with Gasteiger partial charge in [0.05, 0.1) is 21.3 Å². The van der Waals surface area contributed by atoms with Gasteiger partial charge in [0, 0.05) is 42.3 Å². The van der Waals surface area contributed by atoms with Gasteiger partial charge in [-0.3, -0.25) is 29.9 Å². The highest BCUT2D eigenvalue weighted by molar-refractivity contribution is 8.15. The highest BCUT2D eigenvalue weighted by Gasteiger charge is 2.38. The van der Waals surface area contributed by atoms with Crippen LogP contribution in [0.5, 0.6) is 0 Å². The lowest BCUT2D eigenvalue weighted by Crippen LogP contribution is -2.32. The Labute approximate surface area is 181 Å². The molecule has 1 amide bonds. The van der Waals surface area contributed by atoms with E-state index in [4.69, 9.17) is 0 Å². The first-order valence-corrected chi connectivity index (χ1v) is 9.95. The molecule has 1 heterocycles. The number of benzene rings is 2. The quantitative estimate of drug-likeness (QED) is 0.267. The van der Waals surface area contributed by atoms with E-state index in [-0.39, 0.29) is 30.2 Å². The molecule has 1 atom stereocenters. The highest BCUT2D eigenvalue weighted by atomic mass is 32.2. The number of amidine groups is 1. The van der Waals surface area contributed by atoms with Crippen LogP contribution >= 0.6 is 11.8 Å². The fourth-order valence-electron chi connectivity index (χ4n) is 2.94. The van der Waals surface area contributed by atoms with Crippen LogP contribution in [0.3, 0.4) is 0 Å². The van der Waals surface area contributed by atoms with Crippen molar-refractivity contribution in [1.82, 2.24) is 4.90 Å². The van der Waals surface area contributed by atoms with Gasteiger partial charge >= 0.3 is 0 Å². The van der Waals surface area contributed by atoms with E-state index >= 15 is 0 Å². The molecule has 10 nitrogen and oxygen atoms in total. The number of thioether (sulfide) groups is 1. The van der Waals surface area contributed by atoms with E-state index in [0.29, 0.717) is 16.3 Å². The number of nitro benzene ring substituents is 2. The largest absolute Gasteiger partial charge is 0.285 e. The zero-order chi connectivity index (χ0) is 22.4. The number of para-hydroxylation sites is 1. The molecule has 1 saturated heterocycles. The smallest absolute Gasteiger partial charge is 0.272 e. The molecule has 0 saturated carbocycles. The Kier molecular flexibility index (Phi) is 6.88. The van der Waals surface area contributed by atoms with Crippen LogP contribution < -0.4 is 0 Å². The Morgan fingerprint density at radius 1 is 1.13 bits per heavy atom. The molecule has 2 aromatic rings. The average molecular weight is 439 g/mol. The van der Waals surface area contributed by atoms with Gasteiger partial charge in [-0.05, 0) is 0 Å². The number of nitro groups is 2. The average Bonchev–Trinajstić information content (AvgIpc) is 3.03. The SMILES string of the molecule is C=CCN1C(=O)[C@H](Cc2ccccc2[N+](=O)[O-])S/C1=N/N=C\c1cccc([N+](=O)[O-])c1. The van der Waals surface area contributed by atoms with Gasteiger partial charge in [0.25, 0.3) is 11.4 Å². The first kappa shape index (κ1) is 21.8. The minimum atomic E-state index is -0.590. The molecule has 11 heteroatoms. The molecule has 3 rings (SSSR count). The van der Waals surface area contributed by atoms with Crippen molar-refractivity contribution in [3.8, 4) is 0 Å². The number of nitrogens with zero attached hydrogens (tertiary/aromatic N) is 5. The van der Waals surface area contributed by atoms with Gasteiger partial charge in [-0.2, -0.15) is 5.10 Å². The number of carbonyl (C=O) groups excluding carboxylic acids is 1. The van der Waals surface area contributed by atoms with E-state index in [1.54, 1.807) is 30.3 Å². The van der Waals surface area contributed by atoms with Crippen LogP contribution in [-0.2, 0) is 11.2 Å². The van der Waals surface area contributed by atoms with Gasteiger partial charge in [0.15, 0.2) is 5.17 Å². The van der Waals surface area contributed by atoms with Crippen LogP contribution in [0.1, 0.15) is 11.1 Å². The molecule has 1 aliphatic rings. The van der Waals surface area contributed by atoms with Crippen molar-refractivity contribution in [3.63, 3.8) is 0 Å². The maximum absolute atomic E-state index is 12.8. The lowest BCUT2D eigenvalue weighted by Gasteiger charge is -2.12. The van der Waals surface area contributed by atoms with Crippen molar-refractivity contribution in [2.24, 2.45) is 10.2 Å². The van der Waals surface area contributed by atoms with Crippen molar-refractivity contribution in [2.75, 3.05) is 6.54 Å². The van der Waals surface area contributed by atoms with E-state index in [1.807, 2.05) is 0 Å². The summed E-state index contributed by atoms with van der Waals surface area (Å²) in [5, 5.41) is 29.9. The summed E-state index contributed by atoms with van der Waals surface area (Å²) in [5.41, 5.74) is 0.831. The van der Waals surface area contributed by atoms with Gasteiger partial charge < -0.3 is 0 Å². The summed E-state index contributed by atoms with van der Waals surface area (Å²) in [6.45, 7) is 3.86. The predicted molar refractivity (Wildman–Crippen MR) is 118 cm³/mol. The van der Waals surface area contributed by atoms with Crippen LogP contribution in [0, 0.1) is 20.2 Å². The molecule has 1 fully saturated rings. The van der Waals surface area contributed by atoms with Gasteiger partial charge in [-0.15, -0.1) is 11.7 Å². The minimum Gasteiger partial charge on any atom is -0.285 e. The Hall–Kier alpha value is -3.86. The monoisotopic (exact) mass is 439 g/mol. The fourth-order valence-corrected chi connectivity index (χ4v) is 4.07. The number of rotatable bonds is 8.